The zero-order valence-corrected chi connectivity index (χ0v) is 17.0. The molecule has 28 heavy (non-hydrogen) atoms. The molecule has 1 aliphatic rings. The highest BCUT2D eigenvalue weighted by atomic mass is 79.9. The van der Waals surface area contributed by atoms with Crippen molar-refractivity contribution in [2.45, 2.75) is 6.92 Å². The van der Waals surface area contributed by atoms with Gasteiger partial charge in [-0.2, -0.15) is 4.98 Å². The Kier molecular flexibility index (Phi) is 5.29. The summed E-state index contributed by atoms with van der Waals surface area (Å²) >= 11 is 3.40. The number of benzene rings is 2. The normalized spacial score (nSPS) is 14.2. The van der Waals surface area contributed by atoms with Gasteiger partial charge >= 0.3 is 6.03 Å². The fourth-order valence-corrected chi connectivity index (χ4v) is 3.41. The van der Waals surface area contributed by atoms with E-state index in [2.05, 4.69) is 48.4 Å². The van der Waals surface area contributed by atoms with Crippen LogP contribution in [0, 0.1) is 6.92 Å². The number of hydrogen-bond acceptors (Lipinski definition) is 5. The second-order valence-electron chi connectivity index (χ2n) is 6.60. The van der Waals surface area contributed by atoms with Crippen molar-refractivity contribution in [1.82, 2.24) is 15.0 Å². The molecule has 2 aromatic carbocycles. The molecule has 2 heterocycles. The Bertz CT molecular complexity index is 947. The monoisotopic (exact) mass is 441 g/mol. The third-order valence-corrected chi connectivity index (χ3v) is 5.21. The number of carbonyl (C=O) groups is 1. The Morgan fingerprint density at radius 1 is 1.04 bits per heavy atom. The topological polar surface area (TPSA) is 74.5 Å². The van der Waals surface area contributed by atoms with Crippen LogP contribution in [0.1, 0.15) is 5.89 Å². The summed E-state index contributed by atoms with van der Waals surface area (Å²) in [5.74, 6) is 1.15. The van der Waals surface area contributed by atoms with Crippen LogP contribution in [0.2, 0.25) is 0 Å². The van der Waals surface area contributed by atoms with Gasteiger partial charge in [0.15, 0.2) is 0 Å². The second-order valence-corrected chi connectivity index (χ2v) is 7.51. The van der Waals surface area contributed by atoms with Crippen molar-refractivity contribution in [3.63, 3.8) is 0 Å². The Balaban J connectivity index is 1.33. The fourth-order valence-electron chi connectivity index (χ4n) is 3.14. The van der Waals surface area contributed by atoms with Gasteiger partial charge in [-0.05, 0) is 48.5 Å². The third kappa shape index (κ3) is 4.17. The van der Waals surface area contributed by atoms with E-state index in [0.29, 0.717) is 24.8 Å². The average molecular weight is 442 g/mol. The molecule has 1 N–H and O–H groups in total. The number of aryl methyl sites for hydroxylation is 1. The van der Waals surface area contributed by atoms with Gasteiger partial charge in [0.1, 0.15) is 0 Å². The second kappa shape index (κ2) is 8.02. The number of hydrogen-bond donors (Lipinski definition) is 1. The van der Waals surface area contributed by atoms with E-state index in [1.54, 1.807) is 6.92 Å². The number of aromatic nitrogens is 2. The molecule has 1 saturated heterocycles. The lowest BCUT2D eigenvalue weighted by Crippen LogP contribution is -2.50. The average Bonchev–Trinajstić information content (AvgIpc) is 3.16. The first-order valence-electron chi connectivity index (χ1n) is 9.06. The Morgan fingerprint density at radius 3 is 2.32 bits per heavy atom. The molecule has 144 valence electrons. The molecule has 2 amide bonds. The minimum absolute atomic E-state index is 0.0650. The summed E-state index contributed by atoms with van der Waals surface area (Å²) < 4.78 is 6.02. The SMILES string of the molecule is Cc1nc(-c2ccc(N3CCN(C(=O)Nc4ccc(Br)cc4)CC3)cc2)no1. The molecular weight excluding hydrogens is 422 g/mol. The Hall–Kier alpha value is -2.87. The summed E-state index contributed by atoms with van der Waals surface area (Å²) in [6, 6.07) is 15.6. The van der Waals surface area contributed by atoms with Gasteiger partial charge in [0.25, 0.3) is 0 Å². The predicted octanol–water partition coefficient (Wildman–Crippen LogP) is 4.16. The first kappa shape index (κ1) is 18.5. The van der Waals surface area contributed by atoms with Crippen molar-refractivity contribution in [3.8, 4) is 11.4 Å². The van der Waals surface area contributed by atoms with Crippen LogP contribution in [0.4, 0.5) is 16.2 Å². The van der Waals surface area contributed by atoms with Crippen molar-refractivity contribution in [2.24, 2.45) is 0 Å². The largest absolute Gasteiger partial charge is 0.368 e. The smallest absolute Gasteiger partial charge is 0.321 e. The lowest BCUT2D eigenvalue weighted by molar-refractivity contribution is 0.208. The minimum Gasteiger partial charge on any atom is -0.368 e. The molecule has 1 aromatic heterocycles. The van der Waals surface area contributed by atoms with Crippen molar-refractivity contribution < 1.29 is 9.32 Å². The molecule has 3 aromatic rings. The van der Waals surface area contributed by atoms with Gasteiger partial charge in [0.05, 0.1) is 0 Å². The standard InChI is InChI=1S/C20H20BrN5O2/c1-14-22-19(24-28-14)15-2-8-18(9-3-15)25-10-12-26(13-11-25)20(27)23-17-6-4-16(21)5-7-17/h2-9H,10-13H2,1H3,(H,23,27). The van der Waals surface area contributed by atoms with Crippen LogP contribution < -0.4 is 10.2 Å². The highest BCUT2D eigenvalue weighted by molar-refractivity contribution is 9.10. The number of rotatable bonds is 3. The van der Waals surface area contributed by atoms with Gasteiger partial charge in [-0.15, -0.1) is 0 Å². The van der Waals surface area contributed by atoms with E-state index >= 15 is 0 Å². The summed E-state index contributed by atoms with van der Waals surface area (Å²) in [6.07, 6.45) is 0. The molecule has 1 aliphatic heterocycles. The molecule has 4 rings (SSSR count). The lowest BCUT2D eigenvalue weighted by Gasteiger charge is -2.36. The van der Waals surface area contributed by atoms with E-state index in [4.69, 9.17) is 4.52 Å². The van der Waals surface area contributed by atoms with E-state index in [0.717, 1.165) is 34.5 Å². The number of nitrogens with zero attached hydrogens (tertiary/aromatic N) is 4. The van der Waals surface area contributed by atoms with Gasteiger partial charge in [-0.25, -0.2) is 4.79 Å². The van der Waals surface area contributed by atoms with Gasteiger partial charge in [0.2, 0.25) is 11.7 Å². The summed E-state index contributed by atoms with van der Waals surface area (Å²) in [7, 11) is 0. The van der Waals surface area contributed by atoms with Crippen LogP contribution in [0.3, 0.4) is 0 Å². The van der Waals surface area contributed by atoms with E-state index in [-0.39, 0.29) is 6.03 Å². The maximum absolute atomic E-state index is 12.5. The lowest BCUT2D eigenvalue weighted by atomic mass is 10.1. The van der Waals surface area contributed by atoms with Gasteiger partial charge in [-0.1, -0.05) is 21.1 Å². The molecular formula is C20H20BrN5O2. The van der Waals surface area contributed by atoms with E-state index in [1.807, 2.05) is 41.3 Å². The third-order valence-electron chi connectivity index (χ3n) is 4.68. The number of nitrogens with one attached hydrogen (secondary N) is 1. The van der Waals surface area contributed by atoms with E-state index in [1.165, 1.54) is 0 Å². The van der Waals surface area contributed by atoms with E-state index in [9.17, 15) is 4.79 Å². The van der Waals surface area contributed by atoms with Crippen molar-refractivity contribution in [1.29, 1.82) is 0 Å². The van der Waals surface area contributed by atoms with Gasteiger partial charge < -0.3 is 19.6 Å². The predicted molar refractivity (Wildman–Crippen MR) is 111 cm³/mol. The molecule has 7 nitrogen and oxygen atoms in total. The van der Waals surface area contributed by atoms with Crippen molar-refractivity contribution in [3.05, 3.63) is 58.9 Å². The summed E-state index contributed by atoms with van der Waals surface area (Å²) in [5, 5.41) is 6.89. The van der Waals surface area contributed by atoms with Crippen LogP contribution in [0.5, 0.6) is 0 Å². The van der Waals surface area contributed by atoms with Crippen LogP contribution in [0.25, 0.3) is 11.4 Å². The van der Waals surface area contributed by atoms with E-state index < -0.39 is 0 Å². The molecule has 0 unspecified atom stereocenters. The number of urea groups is 1. The summed E-state index contributed by atoms with van der Waals surface area (Å²) in [6.45, 7) is 4.70. The van der Waals surface area contributed by atoms with Crippen LogP contribution in [-0.4, -0.2) is 47.3 Å². The van der Waals surface area contributed by atoms with Crippen molar-refractivity contribution in [2.75, 3.05) is 36.4 Å². The molecule has 0 bridgehead atoms. The van der Waals surface area contributed by atoms with Crippen LogP contribution in [-0.2, 0) is 0 Å². The number of carbonyl (C=O) groups excluding carboxylic acids is 1. The summed E-state index contributed by atoms with van der Waals surface area (Å²) in [5.41, 5.74) is 2.84. The molecule has 1 fully saturated rings. The van der Waals surface area contributed by atoms with Gasteiger partial charge in [-0.3, -0.25) is 0 Å². The number of anilines is 2. The highest BCUT2D eigenvalue weighted by Gasteiger charge is 2.21. The molecule has 0 atom stereocenters. The molecule has 0 radical (unpaired) electrons. The molecule has 8 heteroatoms. The first-order chi connectivity index (χ1) is 13.6. The van der Waals surface area contributed by atoms with Crippen LogP contribution in [0.15, 0.2) is 57.5 Å². The summed E-state index contributed by atoms with van der Waals surface area (Å²) in [4.78, 5) is 20.8. The maximum atomic E-state index is 12.5. The number of piperazine rings is 1. The van der Waals surface area contributed by atoms with Crippen LogP contribution >= 0.6 is 15.9 Å². The van der Waals surface area contributed by atoms with Gasteiger partial charge in [0, 0.05) is 54.5 Å². The highest BCUT2D eigenvalue weighted by Crippen LogP contribution is 2.22. The molecule has 0 aliphatic carbocycles. The fraction of sp³-hybridized carbons (Fsp3) is 0.250. The molecule has 0 spiro atoms. The minimum atomic E-state index is -0.0650. The number of amides is 2. The number of halogens is 1. The maximum Gasteiger partial charge on any atom is 0.321 e. The Labute approximate surface area is 171 Å². The zero-order valence-electron chi connectivity index (χ0n) is 15.4. The Morgan fingerprint density at radius 2 is 1.71 bits per heavy atom. The quantitative estimate of drug-likeness (QED) is 0.660. The first-order valence-corrected chi connectivity index (χ1v) is 9.85. The molecule has 0 saturated carbocycles. The van der Waals surface area contributed by atoms with Crippen molar-refractivity contribution >= 4 is 33.3 Å². The zero-order chi connectivity index (χ0) is 19.5.